The smallest absolute Gasteiger partial charge is 0.410 e. The van der Waals surface area contributed by atoms with Gasteiger partial charge in [0.15, 0.2) is 0 Å². The molecule has 1 saturated heterocycles. The largest absolute Gasteiger partial charge is 0.447 e. The van der Waals surface area contributed by atoms with Crippen LogP contribution in [0, 0.1) is 0 Å². The SMILES string of the molecule is CC(c1ccc(Br)s1)N1C(=O)OC[C@@H]1C. The molecule has 1 unspecified atom stereocenters. The van der Waals surface area contributed by atoms with Gasteiger partial charge >= 0.3 is 6.09 Å². The Morgan fingerprint density at radius 3 is 2.87 bits per heavy atom. The third kappa shape index (κ3) is 2.03. The van der Waals surface area contributed by atoms with E-state index in [2.05, 4.69) is 15.9 Å². The maximum Gasteiger partial charge on any atom is 0.410 e. The molecule has 2 heterocycles. The number of carbonyl (C=O) groups excluding carboxylic acids is 1. The lowest BCUT2D eigenvalue weighted by atomic mass is 10.2. The molecule has 1 aromatic heterocycles. The van der Waals surface area contributed by atoms with Crippen molar-refractivity contribution >= 4 is 33.4 Å². The summed E-state index contributed by atoms with van der Waals surface area (Å²) in [4.78, 5) is 14.5. The second-order valence-corrected chi connectivity index (χ2v) is 6.15. The molecule has 0 spiro atoms. The molecule has 0 bridgehead atoms. The van der Waals surface area contributed by atoms with Crippen molar-refractivity contribution in [1.82, 2.24) is 4.90 Å². The molecule has 1 aliphatic heterocycles. The summed E-state index contributed by atoms with van der Waals surface area (Å²) in [6.45, 7) is 4.53. The number of cyclic esters (lactones) is 1. The highest BCUT2D eigenvalue weighted by Crippen LogP contribution is 2.33. The Morgan fingerprint density at radius 2 is 2.40 bits per heavy atom. The van der Waals surface area contributed by atoms with Gasteiger partial charge in [0, 0.05) is 4.88 Å². The summed E-state index contributed by atoms with van der Waals surface area (Å²) in [5, 5.41) is 0. The van der Waals surface area contributed by atoms with Crippen molar-refractivity contribution in [1.29, 1.82) is 0 Å². The predicted molar refractivity (Wildman–Crippen MR) is 63.1 cm³/mol. The number of thiophene rings is 1. The van der Waals surface area contributed by atoms with Gasteiger partial charge in [0.05, 0.1) is 15.9 Å². The maximum atomic E-state index is 11.5. The first-order chi connectivity index (χ1) is 7.09. The highest BCUT2D eigenvalue weighted by Gasteiger charge is 2.34. The van der Waals surface area contributed by atoms with Crippen molar-refractivity contribution < 1.29 is 9.53 Å². The minimum atomic E-state index is -0.209. The summed E-state index contributed by atoms with van der Waals surface area (Å²) in [7, 11) is 0. The van der Waals surface area contributed by atoms with E-state index in [0.29, 0.717) is 6.61 Å². The van der Waals surface area contributed by atoms with Crippen molar-refractivity contribution in [2.45, 2.75) is 25.9 Å². The molecule has 0 N–H and O–H groups in total. The van der Waals surface area contributed by atoms with Gasteiger partial charge in [0.25, 0.3) is 0 Å². The first-order valence-corrected chi connectivity index (χ1v) is 6.41. The van der Waals surface area contributed by atoms with Crippen LogP contribution in [-0.4, -0.2) is 23.6 Å². The topological polar surface area (TPSA) is 29.5 Å². The fraction of sp³-hybridized carbons (Fsp3) is 0.500. The number of rotatable bonds is 2. The van der Waals surface area contributed by atoms with Crippen LogP contribution in [0.25, 0.3) is 0 Å². The van der Waals surface area contributed by atoms with Crippen LogP contribution in [0.4, 0.5) is 4.79 Å². The van der Waals surface area contributed by atoms with Crippen LogP contribution in [0.1, 0.15) is 24.8 Å². The van der Waals surface area contributed by atoms with E-state index in [1.54, 1.807) is 16.2 Å². The Morgan fingerprint density at radius 1 is 1.67 bits per heavy atom. The molecular formula is C10H12BrNO2S. The predicted octanol–water partition coefficient (Wildman–Crippen LogP) is 3.41. The van der Waals surface area contributed by atoms with Gasteiger partial charge in [-0.1, -0.05) is 0 Å². The van der Waals surface area contributed by atoms with Gasteiger partial charge in [0.1, 0.15) is 6.61 Å². The molecule has 0 aliphatic carbocycles. The molecular weight excluding hydrogens is 278 g/mol. The Kier molecular flexibility index (Phi) is 3.02. The Bertz CT molecular complexity index is 379. The standard InChI is InChI=1S/C10H12BrNO2S/c1-6-5-14-10(13)12(6)7(2)8-3-4-9(11)15-8/h3-4,6-7H,5H2,1-2H3/t6-,7?/m0/s1. The van der Waals surface area contributed by atoms with Gasteiger partial charge in [-0.2, -0.15) is 0 Å². The van der Waals surface area contributed by atoms with E-state index in [-0.39, 0.29) is 18.2 Å². The molecule has 3 nitrogen and oxygen atoms in total. The molecule has 5 heteroatoms. The maximum absolute atomic E-state index is 11.5. The summed E-state index contributed by atoms with van der Waals surface area (Å²) < 4.78 is 6.09. The second-order valence-electron chi connectivity index (χ2n) is 3.65. The quantitative estimate of drug-likeness (QED) is 0.835. The average molecular weight is 290 g/mol. The third-order valence-corrected chi connectivity index (χ3v) is 4.35. The van der Waals surface area contributed by atoms with Gasteiger partial charge in [-0.3, -0.25) is 4.90 Å². The zero-order valence-electron chi connectivity index (χ0n) is 8.57. The van der Waals surface area contributed by atoms with Gasteiger partial charge in [-0.15, -0.1) is 11.3 Å². The number of hydrogen-bond donors (Lipinski definition) is 0. The molecule has 1 aliphatic rings. The Balaban J connectivity index is 2.20. The number of amides is 1. The number of carbonyl (C=O) groups is 1. The van der Waals surface area contributed by atoms with E-state index >= 15 is 0 Å². The lowest BCUT2D eigenvalue weighted by Crippen LogP contribution is -2.33. The molecule has 1 fully saturated rings. The zero-order chi connectivity index (χ0) is 11.0. The second kappa shape index (κ2) is 4.14. The minimum absolute atomic E-state index is 0.0892. The third-order valence-electron chi connectivity index (χ3n) is 2.56. The highest BCUT2D eigenvalue weighted by molar-refractivity contribution is 9.11. The van der Waals surface area contributed by atoms with E-state index in [9.17, 15) is 4.79 Å². The Hall–Kier alpha value is -0.550. The van der Waals surface area contributed by atoms with E-state index < -0.39 is 0 Å². The van der Waals surface area contributed by atoms with Crippen LogP contribution >= 0.6 is 27.3 Å². The summed E-state index contributed by atoms with van der Waals surface area (Å²) in [5.74, 6) is 0. The van der Waals surface area contributed by atoms with Crippen LogP contribution in [0.15, 0.2) is 15.9 Å². The minimum Gasteiger partial charge on any atom is -0.447 e. The van der Waals surface area contributed by atoms with Crippen LogP contribution < -0.4 is 0 Å². The van der Waals surface area contributed by atoms with E-state index in [1.165, 1.54) is 4.88 Å². The van der Waals surface area contributed by atoms with Crippen molar-refractivity contribution in [3.63, 3.8) is 0 Å². The van der Waals surface area contributed by atoms with E-state index in [0.717, 1.165) is 3.79 Å². The van der Waals surface area contributed by atoms with Crippen LogP contribution in [0.5, 0.6) is 0 Å². The molecule has 15 heavy (non-hydrogen) atoms. The van der Waals surface area contributed by atoms with Gasteiger partial charge < -0.3 is 4.74 Å². The van der Waals surface area contributed by atoms with Gasteiger partial charge in [0.2, 0.25) is 0 Å². The number of halogens is 1. The fourth-order valence-electron chi connectivity index (χ4n) is 1.76. The van der Waals surface area contributed by atoms with Crippen LogP contribution in [0.2, 0.25) is 0 Å². The lowest BCUT2D eigenvalue weighted by Gasteiger charge is -2.24. The zero-order valence-corrected chi connectivity index (χ0v) is 11.0. The Labute approximate surface area is 101 Å². The molecule has 0 aromatic carbocycles. The number of nitrogens with zero attached hydrogens (tertiary/aromatic N) is 1. The van der Waals surface area contributed by atoms with Crippen molar-refractivity contribution in [3.05, 3.63) is 20.8 Å². The lowest BCUT2D eigenvalue weighted by molar-refractivity contribution is 0.148. The van der Waals surface area contributed by atoms with Crippen molar-refractivity contribution in [3.8, 4) is 0 Å². The first-order valence-electron chi connectivity index (χ1n) is 4.80. The summed E-state index contributed by atoms with van der Waals surface area (Å²) >= 11 is 5.08. The van der Waals surface area contributed by atoms with Crippen molar-refractivity contribution in [2.75, 3.05) is 6.61 Å². The molecule has 1 amide bonds. The first kappa shape index (κ1) is 11.0. The fourth-order valence-corrected chi connectivity index (χ4v) is 3.23. The van der Waals surface area contributed by atoms with E-state index in [4.69, 9.17) is 4.74 Å². The summed E-state index contributed by atoms with van der Waals surface area (Å²) in [5.41, 5.74) is 0. The number of hydrogen-bond acceptors (Lipinski definition) is 3. The van der Waals surface area contributed by atoms with Gasteiger partial charge in [-0.25, -0.2) is 4.79 Å². The monoisotopic (exact) mass is 289 g/mol. The van der Waals surface area contributed by atoms with Gasteiger partial charge in [-0.05, 0) is 41.9 Å². The molecule has 0 saturated carbocycles. The molecule has 1 aromatic rings. The molecule has 2 atom stereocenters. The van der Waals surface area contributed by atoms with Crippen LogP contribution in [0.3, 0.4) is 0 Å². The molecule has 2 rings (SSSR count). The van der Waals surface area contributed by atoms with Crippen molar-refractivity contribution in [2.24, 2.45) is 0 Å². The summed E-state index contributed by atoms with van der Waals surface area (Å²) in [6.07, 6.45) is -0.209. The number of ether oxygens (including phenoxy) is 1. The normalized spacial score (nSPS) is 23.0. The highest BCUT2D eigenvalue weighted by atomic mass is 79.9. The molecule has 82 valence electrons. The van der Waals surface area contributed by atoms with E-state index in [1.807, 2.05) is 26.0 Å². The van der Waals surface area contributed by atoms with Crippen LogP contribution in [-0.2, 0) is 4.74 Å². The average Bonchev–Trinajstić information content (AvgIpc) is 2.73. The molecule has 0 radical (unpaired) electrons. The summed E-state index contributed by atoms with van der Waals surface area (Å²) in [6, 6.07) is 4.29.